The first kappa shape index (κ1) is 19.7. The van der Waals surface area contributed by atoms with Crippen LogP contribution < -0.4 is 4.74 Å². The third kappa shape index (κ3) is 3.77. The van der Waals surface area contributed by atoms with Gasteiger partial charge in [0.2, 0.25) is 0 Å². The number of imidazole rings is 1. The monoisotopic (exact) mass is 426 g/mol. The molecule has 0 aliphatic carbocycles. The smallest absolute Gasteiger partial charge is 0.153 e. The lowest BCUT2D eigenvalue weighted by Crippen LogP contribution is -2.13. The van der Waals surface area contributed by atoms with Crippen LogP contribution in [0.5, 0.6) is 5.75 Å². The second kappa shape index (κ2) is 8.09. The molecule has 0 saturated carbocycles. The van der Waals surface area contributed by atoms with E-state index < -0.39 is 0 Å². The Morgan fingerprint density at radius 3 is 2.58 bits per heavy atom. The van der Waals surface area contributed by atoms with Gasteiger partial charge in [0.25, 0.3) is 0 Å². The third-order valence-corrected chi connectivity index (χ3v) is 6.12. The summed E-state index contributed by atoms with van der Waals surface area (Å²) in [5.74, 6) is 1.69. The predicted molar refractivity (Wildman–Crippen MR) is 128 cm³/mol. The molecule has 0 aliphatic heterocycles. The van der Waals surface area contributed by atoms with Crippen molar-refractivity contribution in [3.8, 4) is 5.75 Å². The maximum absolute atomic E-state index is 6.29. The summed E-state index contributed by atoms with van der Waals surface area (Å²) < 4.78 is 8.56. The molecule has 3 nitrogen and oxygen atoms in total. The summed E-state index contributed by atoms with van der Waals surface area (Å²) in [6.07, 6.45) is -0.219. The highest BCUT2D eigenvalue weighted by molar-refractivity contribution is 6.31. The molecular formula is C27H23ClN2O. The van der Waals surface area contributed by atoms with Crippen LogP contribution in [-0.4, -0.2) is 9.55 Å². The van der Waals surface area contributed by atoms with Gasteiger partial charge in [-0.25, -0.2) is 4.98 Å². The summed E-state index contributed by atoms with van der Waals surface area (Å²) >= 11 is 6.18. The average molecular weight is 427 g/mol. The van der Waals surface area contributed by atoms with Crippen molar-refractivity contribution in [1.29, 1.82) is 0 Å². The van der Waals surface area contributed by atoms with Crippen LogP contribution in [0.4, 0.5) is 0 Å². The standard InChI is InChI=1S/C27H23ClN2O/c1-18-16-22(14-15-24(18)28)31-19(2)27-29-25-12-5-6-13-26(25)30(27)17-21-10-7-9-20-8-3-4-11-23(20)21/h3-16,19H,17H2,1-2H3. The van der Waals surface area contributed by atoms with Gasteiger partial charge in [0.15, 0.2) is 11.9 Å². The van der Waals surface area contributed by atoms with Gasteiger partial charge in [0, 0.05) is 5.02 Å². The first-order valence-electron chi connectivity index (χ1n) is 10.4. The minimum atomic E-state index is -0.219. The molecule has 0 saturated heterocycles. The Morgan fingerprint density at radius 1 is 0.935 bits per heavy atom. The molecule has 0 fully saturated rings. The summed E-state index contributed by atoms with van der Waals surface area (Å²) in [6.45, 7) is 4.75. The third-order valence-electron chi connectivity index (χ3n) is 5.70. The fourth-order valence-electron chi connectivity index (χ4n) is 4.12. The van der Waals surface area contributed by atoms with Crippen LogP contribution in [0.15, 0.2) is 84.9 Å². The topological polar surface area (TPSA) is 27.1 Å². The van der Waals surface area contributed by atoms with E-state index in [1.54, 1.807) is 0 Å². The van der Waals surface area contributed by atoms with Crippen molar-refractivity contribution in [2.45, 2.75) is 26.5 Å². The van der Waals surface area contributed by atoms with Gasteiger partial charge in [0.1, 0.15) is 5.75 Å². The maximum atomic E-state index is 6.29. The lowest BCUT2D eigenvalue weighted by atomic mass is 10.0. The van der Waals surface area contributed by atoms with Gasteiger partial charge in [-0.15, -0.1) is 0 Å². The molecule has 4 heteroatoms. The normalized spacial score (nSPS) is 12.4. The Labute approximate surface area is 186 Å². The predicted octanol–water partition coefficient (Wildman–Crippen LogP) is 7.34. The molecule has 0 aliphatic rings. The van der Waals surface area contributed by atoms with E-state index in [-0.39, 0.29) is 6.10 Å². The molecule has 0 radical (unpaired) electrons. The van der Waals surface area contributed by atoms with E-state index in [0.29, 0.717) is 0 Å². The van der Waals surface area contributed by atoms with Crippen molar-refractivity contribution in [1.82, 2.24) is 9.55 Å². The molecule has 4 aromatic carbocycles. The maximum Gasteiger partial charge on any atom is 0.153 e. The Kier molecular flexibility index (Phi) is 5.13. The van der Waals surface area contributed by atoms with Crippen LogP contribution in [0.3, 0.4) is 0 Å². The fraction of sp³-hybridized carbons (Fsp3) is 0.148. The van der Waals surface area contributed by atoms with Crippen LogP contribution in [0.2, 0.25) is 5.02 Å². The largest absolute Gasteiger partial charge is 0.483 e. The van der Waals surface area contributed by atoms with E-state index in [4.69, 9.17) is 21.3 Å². The van der Waals surface area contributed by atoms with Gasteiger partial charge in [-0.05, 0) is 66.1 Å². The summed E-state index contributed by atoms with van der Waals surface area (Å²) in [6, 6.07) is 29.0. The number of rotatable bonds is 5. The van der Waals surface area contributed by atoms with Gasteiger partial charge in [-0.3, -0.25) is 0 Å². The number of aryl methyl sites for hydroxylation is 1. The molecule has 5 aromatic rings. The zero-order chi connectivity index (χ0) is 21.4. The van der Waals surface area contributed by atoms with Gasteiger partial charge in [-0.1, -0.05) is 66.2 Å². The van der Waals surface area contributed by atoms with Crippen LogP contribution in [0, 0.1) is 6.92 Å². The summed E-state index contributed by atoms with van der Waals surface area (Å²) in [5, 5.41) is 3.24. The molecule has 0 amide bonds. The first-order valence-corrected chi connectivity index (χ1v) is 10.8. The van der Waals surface area contributed by atoms with Crippen LogP contribution in [-0.2, 0) is 6.54 Å². The molecule has 154 valence electrons. The molecule has 1 heterocycles. The van der Waals surface area contributed by atoms with Gasteiger partial charge < -0.3 is 9.30 Å². The highest BCUT2D eigenvalue weighted by Crippen LogP contribution is 2.29. The molecule has 5 rings (SSSR count). The fourth-order valence-corrected chi connectivity index (χ4v) is 4.24. The average Bonchev–Trinajstić information content (AvgIpc) is 3.15. The molecule has 0 bridgehead atoms. The first-order chi connectivity index (χ1) is 15.1. The molecular weight excluding hydrogens is 404 g/mol. The number of ether oxygens (including phenoxy) is 1. The van der Waals surface area contributed by atoms with E-state index in [2.05, 4.69) is 65.2 Å². The zero-order valence-corrected chi connectivity index (χ0v) is 18.3. The van der Waals surface area contributed by atoms with Gasteiger partial charge >= 0.3 is 0 Å². The number of hydrogen-bond acceptors (Lipinski definition) is 2. The van der Waals surface area contributed by atoms with E-state index in [0.717, 1.165) is 39.7 Å². The molecule has 1 aromatic heterocycles. The number of hydrogen-bond donors (Lipinski definition) is 0. The van der Waals surface area contributed by atoms with Crippen LogP contribution in [0.1, 0.15) is 30.0 Å². The van der Waals surface area contributed by atoms with Gasteiger partial charge in [-0.2, -0.15) is 0 Å². The molecule has 1 atom stereocenters. The molecule has 0 N–H and O–H groups in total. The van der Waals surface area contributed by atoms with Crippen molar-refractivity contribution in [2.24, 2.45) is 0 Å². The SMILES string of the molecule is Cc1cc(OC(C)c2nc3ccccc3n2Cc2cccc3ccccc23)ccc1Cl. The number of aromatic nitrogens is 2. The number of halogens is 1. The second-order valence-corrected chi connectivity index (χ2v) is 8.26. The summed E-state index contributed by atoms with van der Waals surface area (Å²) in [4.78, 5) is 4.94. The lowest BCUT2D eigenvalue weighted by Gasteiger charge is -2.18. The Morgan fingerprint density at radius 2 is 1.71 bits per heavy atom. The Balaban J connectivity index is 1.57. The highest BCUT2D eigenvalue weighted by Gasteiger charge is 2.19. The van der Waals surface area contributed by atoms with E-state index in [1.165, 1.54) is 16.3 Å². The molecule has 0 spiro atoms. The lowest BCUT2D eigenvalue weighted by molar-refractivity contribution is 0.212. The van der Waals surface area contributed by atoms with Crippen molar-refractivity contribution in [2.75, 3.05) is 0 Å². The number of nitrogens with zero attached hydrogens (tertiary/aromatic N) is 2. The molecule has 1 unspecified atom stereocenters. The quantitative estimate of drug-likeness (QED) is 0.294. The van der Waals surface area contributed by atoms with E-state index in [9.17, 15) is 0 Å². The number of benzene rings is 4. The zero-order valence-electron chi connectivity index (χ0n) is 17.5. The summed E-state index contributed by atoms with van der Waals surface area (Å²) in [5.41, 5.74) is 4.33. The van der Waals surface area contributed by atoms with E-state index >= 15 is 0 Å². The Bertz CT molecular complexity index is 1380. The van der Waals surface area contributed by atoms with Crippen molar-refractivity contribution < 1.29 is 4.74 Å². The minimum Gasteiger partial charge on any atom is -0.483 e. The highest BCUT2D eigenvalue weighted by atomic mass is 35.5. The van der Waals surface area contributed by atoms with Crippen molar-refractivity contribution in [3.05, 3.63) is 107 Å². The Hall–Kier alpha value is -3.30. The van der Waals surface area contributed by atoms with Crippen LogP contribution >= 0.6 is 11.6 Å². The minimum absolute atomic E-state index is 0.219. The van der Waals surface area contributed by atoms with Gasteiger partial charge in [0.05, 0.1) is 17.6 Å². The van der Waals surface area contributed by atoms with Crippen molar-refractivity contribution >= 4 is 33.4 Å². The second-order valence-electron chi connectivity index (χ2n) is 7.85. The van der Waals surface area contributed by atoms with Crippen molar-refractivity contribution in [3.63, 3.8) is 0 Å². The van der Waals surface area contributed by atoms with Crippen LogP contribution in [0.25, 0.3) is 21.8 Å². The molecule has 31 heavy (non-hydrogen) atoms. The number of fused-ring (bicyclic) bond motifs is 2. The number of para-hydroxylation sites is 2. The summed E-state index contributed by atoms with van der Waals surface area (Å²) in [7, 11) is 0. The van der Waals surface area contributed by atoms with E-state index in [1.807, 2.05) is 38.1 Å².